The summed E-state index contributed by atoms with van der Waals surface area (Å²) in [6.07, 6.45) is 9.07. The van der Waals surface area contributed by atoms with Gasteiger partial charge in [-0.2, -0.15) is 0 Å². The van der Waals surface area contributed by atoms with Gasteiger partial charge in [0.2, 0.25) is 0 Å². The molecule has 1 heterocycles. The number of rotatable bonds is 4. The summed E-state index contributed by atoms with van der Waals surface area (Å²) in [5, 5.41) is 1.39. The maximum absolute atomic E-state index is 5.82. The Morgan fingerprint density at radius 3 is 2.71 bits per heavy atom. The number of nitrogens with two attached hydrogens (primary N) is 1. The molecule has 0 bridgehead atoms. The van der Waals surface area contributed by atoms with Crippen molar-refractivity contribution in [2.75, 3.05) is 0 Å². The lowest BCUT2D eigenvalue weighted by Gasteiger charge is -2.18. The largest absolute Gasteiger partial charge is 0.328 e. The number of aromatic nitrogens is 1. The summed E-state index contributed by atoms with van der Waals surface area (Å²) >= 11 is 1.94. The van der Waals surface area contributed by atoms with Gasteiger partial charge in [-0.3, -0.25) is 0 Å². The van der Waals surface area contributed by atoms with E-state index in [1.165, 1.54) is 47.7 Å². The highest BCUT2D eigenvalue weighted by Gasteiger charge is 2.20. The Labute approximate surface area is 109 Å². The van der Waals surface area contributed by atoms with Crippen molar-refractivity contribution in [2.24, 2.45) is 5.73 Å². The van der Waals surface area contributed by atoms with E-state index in [9.17, 15) is 0 Å². The Morgan fingerprint density at radius 2 is 2.06 bits per heavy atom. The van der Waals surface area contributed by atoms with Gasteiger partial charge in [-0.15, -0.1) is 11.3 Å². The summed E-state index contributed by atoms with van der Waals surface area (Å²) < 4.78 is 0. The molecular formula is C14H24N2S. The van der Waals surface area contributed by atoms with Crippen LogP contribution in [0.1, 0.15) is 66.9 Å². The molecule has 1 fully saturated rings. The second kappa shape index (κ2) is 5.96. The number of thiazole rings is 1. The van der Waals surface area contributed by atoms with E-state index < -0.39 is 0 Å². The summed E-state index contributed by atoms with van der Waals surface area (Å²) in [6, 6.07) is 0.301. The Morgan fingerprint density at radius 1 is 1.35 bits per heavy atom. The predicted octanol–water partition coefficient (Wildman–Crippen LogP) is 3.78. The minimum absolute atomic E-state index is 0.301. The SMILES string of the molecule is Cc1nc(C2CCCCC2)sc1CCC(C)N. The Balaban J connectivity index is 2.01. The van der Waals surface area contributed by atoms with Gasteiger partial charge in [0.25, 0.3) is 0 Å². The minimum atomic E-state index is 0.301. The Bertz CT molecular complexity index is 351. The lowest BCUT2D eigenvalue weighted by Crippen LogP contribution is -2.15. The van der Waals surface area contributed by atoms with Gasteiger partial charge in [0, 0.05) is 16.8 Å². The average molecular weight is 252 g/mol. The summed E-state index contributed by atoms with van der Waals surface area (Å²) in [5.41, 5.74) is 7.07. The van der Waals surface area contributed by atoms with E-state index in [4.69, 9.17) is 10.7 Å². The predicted molar refractivity (Wildman–Crippen MR) is 74.6 cm³/mol. The van der Waals surface area contributed by atoms with E-state index in [-0.39, 0.29) is 0 Å². The van der Waals surface area contributed by atoms with Crippen LogP contribution in [0.4, 0.5) is 0 Å². The normalized spacial score (nSPS) is 19.5. The lowest BCUT2D eigenvalue weighted by atomic mass is 9.90. The van der Waals surface area contributed by atoms with E-state index in [0.29, 0.717) is 6.04 Å². The van der Waals surface area contributed by atoms with Gasteiger partial charge in [0.15, 0.2) is 0 Å². The van der Waals surface area contributed by atoms with Crippen molar-refractivity contribution in [3.63, 3.8) is 0 Å². The van der Waals surface area contributed by atoms with Crippen LogP contribution in [-0.4, -0.2) is 11.0 Å². The van der Waals surface area contributed by atoms with E-state index in [1.807, 2.05) is 11.3 Å². The molecule has 1 unspecified atom stereocenters. The van der Waals surface area contributed by atoms with Crippen LogP contribution in [0.25, 0.3) is 0 Å². The van der Waals surface area contributed by atoms with E-state index >= 15 is 0 Å². The molecule has 0 amide bonds. The molecule has 0 radical (unpaired) electrons. The van der Waals surface area contributed by atoms with Crippen LogP contribution in [0.5, 0.6) is 0 Å². The Hall–Kier alpha value is -0.410. The topological polar surface area (TPSA) is 38.9 Å². The molecular weight excluding hydrogens is 228 g/mol. The van der Waals surface area contributed by atoms with Crippen molar-refractivity contribution in [2.45, 2.75) is 70.8 Å². The third kappa shape index (κ3) is 3.52. The zero-order valence-electron chi connectivity index (χ0n) is 11.0. The van der Waals surface area contributed by atoms with Crippen LogP contribution < -0.4 is 5.73 Å². The molecule has 17 heavy (non-hydrogen) atoms. The standard InChI is InChI=1S/C14H24N2S/c1-10(15)8-9-13-11(2)16-14(17-13)12-6-4-3-5-7-12/h10,12H,3-9,15H2,1-2H3. The molecule has 1 aromatic heterocycles. The van der Waals surface area contributed by atoms with E-state index in [1.54, 1.807) is 0 Å². The van der Waals surface area contributed by atoms with Crippen molar-refractivity contribution >= 4 is 11.3 Å². The fourth-order valence-electron chi connectivity index (χ4n) is 2.57. The van der Waals surface area contributed by atoms with E-state index in [2.05, 4.69) is 13.8 Å². The molecule has 1 aliphatic carbocycles. The van der Waals surface area contributed by atoms with Gasteiger partial charge < -0.3 is 5.73 Å². The molecule has 1 aromatic rings. The van der Waals surface area contributed by atoms with Crippen LogP contribution in [0, 0.1) is 6.92 Å². The smallest absolute Gasteiger partial charge is 0.0961 e. The van der Waals surface area contributed by atoms with Crippen LogP contribution in [-0.2, 0) is 6.42 Å². The summed E-state index contributed by atoms with van der Waals surface area (Å²) in [7, 11) is 0. The first-order valence-electron chi connectivity index (χ1n) is 6.88. The van der Waals surface area contributed by atoms with Crippen LogP contribution in [0.3, 0.4) is 0 Å². The fraction of sp³-hybridized carbons (Fsp3) is 0.786. The maximum Gasteiger partial charge on any atom is 0.0961 e. The first-order chi connectivity index (χ1) is 8.16. The lowest BCUT2D eigenvalue weighted by molar-refractivity contribution is 0.442. The van der Waals surface area contributed by atoms with Gasteiger partial charge >= 0.3 is 0 Å². The van der Waals surface area contributed by atoms with Crippen molar-refractivity contribution in [3.8, 4) is 0 Å². The number of aryl methyl sites for hydroxylation is 2. The quantitative estimate of drug-likeness (QED) is 0.885. The molecule has 3 heteroatoms. The summed E-state index contributed by atoms with van der Waals surface area (Å²) in [5.74, 6) is 0.747. The monoisotopic (exact) mass is 252 g/mol. The highest BCUT2D eigenvalue weighted by Crippen LogP contribution is 2.36. The molecule has 2 nitrogen and oxygen atoms in total. The summed E-state index contributed by atoms with van der Waals surface area (Å²) in [6.45, 7) is 4.23. The van der Waals surface area contributed by atoms with Gasteiger partial charge in [-0.1, -0.05) is 19.3 Å². The minimum Gasteiger partial charge on any atom is -0.328 e. The number of hydrogen-bond acceptors (Lipinski definition) is 3. The molecule has 0 spiro atoms. The average Bonchev–Trinajstić information content (AvgIpc) is 2.69. The van der Waals surface area contributed by atoms with Gasteiger partial charge in [0.05, 0.1) is 10.7 Å². The molecule has 96 valence electrons. The first kappa shape index (κ1) is 13.0. The highest BCUT2D eigenvalue weighted by molar-refractivity contribution is 7.11. The second-order valence-electron chi connectivity index (χ2n) is 5.41. The number of nitrogens with zero attached hydrogens (tertiary/aromatic N) is 1. The third-order valence-electron chi connectivity index (χ3n) is 3.69. The second-order valence-corrected chi connectivity index (χ2v) is 6.53. The molecule has 2 N–H and O–H groups in total. The van der Waals surface area contributed by atoms with Crippen molar-refractivity contribution in [1.29, 1.82) is 0 Å². The first-order valence-corrected chi connectivity index (χ1v) is 7.70. The molecule has 1 saturated carbocycles. The fourth-order valence-corrected chi connectivity index (χ4v) is 3.82. The molecule has 0 aliphatic heterocycles. The molecule has 1 aliphatic rings. The van der Waals surface area contributed by atoms with Crippen LogP contribution in [0.2, 0.25) is 0 Å². The van der Waals surface area contributed by atoms with Gasteiger partial charge in [-0.05, 0) is 39.5 Å². The van der Waals surface area contributed by atoms with Crippen LogP contribution in [0.15, 0.2) is 0 Å². The van der Waals surface area contributed by atoms with Crippen molar-refractivity contribution < 1.29 is 0 Å². The third-order valence-corrected chi connectivity index (χ3v) is 5.07. The number of hydrogen-bond donors (Lipinski definition) is 1. The van der Waals surface area contributed by atoms with E-state index in [0.717, 1.165) is 18.8 Å². The Kier molecular flexibility index (Phi) is 4.57. The molecule has 2 rings (SSSR count). The molecule has 0 aromatic carbocycles. The van der Waals surface area contributed by atoms with Crippen LogP contribution >= 0.6 is 11.3 Å². The zero-order valence-corrected chi connectivity index (χ0v) is 11.9. The summed E-state index contributed by atoms with van der Waals surface area (Å²) in [4.78, 5) is 6.25. The van der Waals surface area contributed by atoms with Gasteiger partial charge in [0.1, 0.15) is 0 Å². The zero-order chi connectivity index (χ0) is 12.3. The van der Waals surface area contributed by atoms with Crippen molar-refractivity contribution in [3.05, 3.63) is 15.6 Å². The molecule has 0 saturated heterocycles. The highest BCUT2D eigenvalue weighted by atomic mass is 32.1. The molecule has 1 atom stereocenters. The van der Waals surface area contributed by atoms with Gasteiger partial charge in [-0.25, -0.2) is 4.98 Å². The van der Waals surface area contributed by atoms with Crippen molar-refractivity contribution in [1.82, 2.24) is 4.98 Å². The maximum atomic E-state index is 5.82.